The molecule has 0 saturated carbocycles. The summed E-state index contributed by atoms with van der Waals surface area (Å²) in [5.41, 5.74) is 3.01. The van der Waals surface area contributed by atoms with Gasteiger partial charge in [-0.1, -0.05) is 41.2 Å². The minimum Gasteiger partial charge on any atom is -0.468 e. The first kappa shape index (κ1) is 21.4. The van der Waals surface area contributed by atoms with Gasteiger partial charge in [0.15, 0.2) is 4.80 Å². The first-order valence-electron chi connectivity index (χ1n) is 9.41. The zero-order valence-electron chi connectivity index (χ0n) is 17.0. The number of thiazole rings is 1. The van der Waals surface area contributed by atoms with Crippen LogP contribution in [0.1, 0.15) is 28.4 Å². The fourth-order valence-electron chi connectivity index (χ4n) is 2.99. The molecule has 3 aromatic rings. The summed E-state index contributed by atoms with van der Waals surface area (Å²) in [6, 6.07) is 12.7. The van der Waals surface area contributed by atoms with Crippen LogP contribution in [-0.2, 0) is 32.0 Å². The van der Waals surface area contributed by atoms with Crippen LogP contribution < -0.4 is 4.80 Å². The van der Waals surface area contributed by atoms with Crippen molar-refractivity contribution in [2.45, 2.75) is 26.8 Å². The average Bonchev–Trinajstić information content (AvgIpc) is 3.04. The zero-order chi connectivity index (χ0) is 21.7. The molecule has 2 aromatic carbocycles. The van der Waals surface area contributed by atoms with Crippen LogP contribution >= 0.6 is 11.3 Å². The normalized spacial score (nSPS) is 11.5. The first-order chi connectivity index (χ1) is 14.4. The molecule has 0 aliphatic carbocycles. The summed E-state index contributed by atoms with van der Waals surface area (Å²) >= 11 is 1.23. The Morgan fingerprint density at radius 3 is 2.63 bits per heavy atom. The summed E-state index contributed by atoms with van der Waals surface area (Å²) in [4.78, 5) is 41.1. The molecule has 0 spiro atoms. The van der Waals surface area contributed by atoms with Crippen molar-refractivity contribution < 1.29 is 23.9 Å². The van der Waals surface area contributed by atoms with E-state index >= 15 is 0 Å². The maximum absolute atomic E-state index is 12.6. The molecule has 0 aliphatic rings. The third-order valence-electron chi connectivity index (χ3n) is 4.37. The van der Waals surface area contributed by atoms with Gasteiger partial charge in [-0.25, -0.2) is 4.79 Å². The number of aromatic nitrogens is 1. The number of amides is 1. The van der Waals surface area contributed by atoms with Crippen LogP contribution in [0.15, 0.2) is 47.5 Å². The number of hydrogen-bond acceptors (Lipinski definition) is 6. The van der Waals surface area contributed by atoms with Crippen LogP contribution in [0.3, 0.4) is 0 Å². The summed E-state index contributed by atoms with van der Waals surface area (Å²) in [7, 11) is 1.30. The predicted molar refractivity (Wildman–Crippen MR) is 113 cm³/mol. The van der Waals surface area contributed by atoms with E-state index in [1.54, 1.807) is 29.7 Å². The molecule has 1 heterocycles. The van der Waals surface area contributed by atoms with Gasteiger partial charge < -0.3 is 14.0 Å². The second-order valence-electron chi connectivity index (χ2n) is 6.62. The maximum Gasteiger partial charge on any atom is 0.338 e. The Balaban J connectivity index is 2.03. The second kappa shape index (κ2) is 9.49. The Labute approximate surface area is 177 Å². The lowest BCUT2D eigenvalue weighted by molar-refractivity contribution is -0.141. The van der Waals surface area contributed by atoms with Gasteiger partial charge in [0.25, 0.3) is 5.91 Å². The highest BCUT2D eigenvalue weighted by Crippen LogP contribution is 2.20. The number of aryl methyl sites for hydroxylation is 1. The van der Waals surface area contributed by atoms with Gasteiger partial charge in [0.2, 0.25) is 0 Å². The summed E-state index contributed by atoms with van der Waals surface area (Å²) in [6.07, 6.45) is 0.155. The van der Waals surface area contributed by atoms with Gasteiger partial charge in [-0.05, 0) is 37.6 Å². The molecule has 3 rings (SSSR count). The molecule has 1 aromatic heterocycles. The van der Waals surface area contributed by atoms with E-state index in [4.69, 9.17) is 9.47 Å². The van der Waals surface area contributed by atoms with E-state index in [2.05, 4.69) is 4.99 Å². The Bertz CT molecular complexity index is 1180. The number of benzene rings is 2. The number of carbonyl (C=O) groups excluding carboxylic acids is 3. The molecule has 0 atom stereocenters. The molecule has 0 unspecified atom stereocenters. The van der Waals surface area contributed by atoms with Crippen LogP contribution in [0.5, 0.6) is 0 Å². The van der Waals surface area contributed by atoms with Gasteiger partial charge in [-0.15, -0.1) is 0 Å². The standard InChI is InChI=1S/C22H22N2O5S/c1-4-29-21(27)16-8-9-17-18(12-16)30-22(24(17)13-20(26)28-3)23-19(25)11-15-7-5-6-14(2)10-15/h5-10,12H,4,11,13H2,1-3H3. The number of esters is 2. The number of fused-ring (bicyclic) bond motifs is 1. The second-order valence-corrected chi connectivity index (χ2v) is 7.63. The van der Waals surface area contributed by atoms with Crippen molar-refractivity contribution in [2.24, 2.45) is 4.99 Å². The monoisotopic (exact) mass is 426 g/mol. The number of ether oxygens (including phenoxy) is 2. The molecule has 1 amide bonds. The Morgan fingerprint density at radius 1 is 1.13 bits per heavy atom. The average molecular weight is 426 g/mol. The van der Waals surface area contributed by atoms with Gasteiger partial charge in [0.1, 0.15) is 6.54 Å². The molecular weight excluding hydrogens is 404 g/mol. The molecule has 0 aliphatic heterocycles. The van der Waals surface area contributed by atoms with Gasteiger partial charge in [0, 0.05) is 0 Å². The zero-order valence-corrected chi connectivity index (χ0v) is 17.8. The summed E-state index contributed by atoms with van der Waals surface area (Å²) < 4.78 is 12.2. The Morgan fingerprint density at radius 2 is 1.93 bits per heavy atom. The molecular formula is C22H22N2O5S. The van der Waals surface area contributed by atoms with Gasteiger partial charge in [0.05, 0.1) is 35.9 Å². The van der Waals surface area contributed by atoms with Crippen LogP contribution in [0.2, 0.25) is 0 Å². The predicted octanol–water partition coefficient (Wildman–Crippen LogP) is 3.03. The summed E-state index contributed by atoms with van der Waals surface area (Å²) in [5, 5.41) is 0. The molecule has 8 heteroatoms. The third-order valence-corrected chi connectivity index (χ3v) is 5.41. The molecule has 0 bridgehead atoms. The van der Waals surface area contributed by atoms with E-state index in [0.29, 0.717) is 20.6 Å². The smallest absolute Gasteiger partial charge is 0.338 e. The van der Waals surface area contributed by atoms with E-state index in [9.17, 15) is 14.4 Å². The first-order valence-corrected chi connectivity index (χ1v) is 10.2. The van der Waals surface area contributed by atoms with Crippen LogP contribution in [0, 0.1) is 6.92 Å². The molecule has 0 saturated heterocycles. The minimum atomic E-state index is -0.461. The Kier molecular flexibility index (Phi) is 6.79. The lowest BCUT2D eigenvalue weighted by atomic mass is 10.1. The molecule has 0 radical (unpaired) electrons. The molecule has 0 fully saturated rings. The van der Waals surface area contributed by atoms with Crippen molar-refractivity contribution in [1.82, 2.24) is 4.57 Å². The van der Waals surface area contributed by atoms with Crippen LogP contribution in [0.25, 0.3) is 10.2 Å². The highest BCUT2D eigenvalue weighted by molar-refractivity contribution is 7.16. The van der Waals surface area contributed by atoms with Gasteiger partial charge >= 0.3 is 11.9 Å². The topological polar surface area (TPSA) is 87.0 Å². The number of carbonyl (C=O) groups is 3. The maximum atomic E-state index is 12.6. The highest BCUT2D eigenvalue weighted by atomic mass is 32.1. The number of nitrogens with zero attached hydrogens (tertiary/aromatic N) is 2. The van der Waals surface area contributed by atoms with E-state index in [1.807, 2.05) is 31.2 Å². The molecule has 30 heavy (non-hydrogen) atoms. The largest absolute Gasteiger partial charge is 0.468 e. The fourth-order valence-corrected chi connectivity index (χ4v) is 4.08. The quantitative estimate of drug-likeness (QED) is 0.566. The van der Waals surface area contributed by atoms with Crippen LogP contribution in [-0.4, -0.2) is 36.1 Å². The SMILES string of the molecule is CCOC(=O)c1ccc2c(c1)sc(=NC(=O)Cc1cccc(C)c1)n2CC(=O)OC. The van der Waals surface area contributed by atoms with Crippen molar-refractivity contribution in [3.63, 3.8) is 0 Å². The summed E-state index contributed by atoms with van der Waals surface area (Å²) in [6.45, 7) is 3.88. The fraction of sp³-hybridized carbons (Fsp3) is 0.273. The lowest BCUT2D eigenvalue weighted by Gasteiger charge is -2.05. The number of methoxy groups -OCH3 is 1. The van der Waals surface area contributed by atoms with Gasteiger partial charge in [-0.2, -0.15) is 4.99 Å². The van der Waals surface area contributed by atoms with E-state index < -0.39 is 11.9 Å². The molecule has 7 nitrogen and oxygen atoms in total. The number of hydrogen-bond donors (Lipinski definition) is 0. The van der Waals surface area contributed by atoms with Crippen molar-refractivity contribution in [1.29, 1.82) is 0 Å². The van der Waals surface area contributed by atoms with Crippen molar-refractivity contribution in [3.8, 4) is 0 Å². The van der Waals surface area contributed by atoms with E-state index in [1.165, 1.54) is 18.4 Å². The minimum absolute atomic E-state index is 0.0915. The van der Waals surface area contributed by atoms with Gasteiger partial charge in [-0.3, -0.25) is 9.59 Å². The van der Waals surface area contributed by atoms with Crippen molar-refractivity contribution >= 4 is 39.4 Å². The third kappa shape index (κ3) is 5.01. The van der Waals surface area contributed by atoms with E-state index in [0.717, 1.165) is 11.1 Å². The van der Waals surface area contributed by atoms with E-state index in [-0.39, 0.29) is 25.5 Å². The van der Waals surface area contributed by atoms with Crippen LogP contribution in [0.4, 0.5) is 0 Å². The lowest BCUT2D eigenvalue weighted by Crippen LogP contribution is -2.22. The number of rotatable bonds is 6. The highest BCUT2D eigenvalue weighted by Gasteiger charge is 2.15. The van der Waals surface area contributed by atoms with Crippen molar-refractivity contribution in [2.75, 3.05) is 13.7 Å². The molecule has 156 valence electrons. The molecule has 0 N–H and O–H groups in total. The summed E-state index contributed by atoms with van der Waals surface area (Å²) in [5.74, 6) is -1.21. The van der Waals surface area contributed by atoms with Crippen molar-refractivity contribution in [3.05, 3.63) is 64.0 Å². The Hall–Kier alpha value is -3.26.